The average Bonchev–Trinajstić information content (AvgIpc) is 2.75. The lowest BCUT2D eigenvalue weighted by atomic mass is 10.3. The Bertz CT molecular complexity index is 338. The van der Waals surface area contributed by atoms with Gasteiger partial charge in [0.2, 0.25) is 5.91 Å². The summed E-state index contributed by atoms with van der Waals surface area (Å²) in [6, 6.07) is -0.0655. The number of thiazole rings is 1. The van der Waals surface area contributed by atoms with Gasteiger partial charge in [-0.15, -0.1) is 35.5 Å². The summed E-state index contributed by atoms with van der Waals surface area (Å²) in [5, 5.41) is 8.52. The summed E-state index contributed by atoms with van der Waals surface area (Å²) in [5.74, 6) is 1.72. The van der Waals surface area contributed by atoms with Crippen LogP contribution in [-0.2, 0) is 4.79 Å². The molecular weight excluding hydrogens is 254 g/mol. The molecule has 2 rings (SSSR count). The smallest absolute Gasteiger partial charge is 0.244 e. The van der Waals surface area contributed by atoms with E-state index in [1.807, 2.05) is 12.3 Å². The lowest BCUT2D eigenvalue weighted by molar-refractivity contribution is -0.117. The molecule has 1 atom stereocenters. The van der Waals surface area contributed by atoms with Gasteiger partial charge in [-0.25, -0.2) is 4.98 Å². The van der Waals surface area contributed by atoms with E-state index in [9.17, 15) is 4.79 Å². The second-order valence-electron chi connectivity index (χ2n) is 3.06. The predicted molar refractivity (Wildman–Crippen MR) is 67.0 cm³/mol. The fourth-order valence-electron chi connectivity index (χ4n) is 1.17. The summed E-state index contributed by atoms with van der Waals surface area (Å²) < 4.78 is 0. The third kappa shape index (κ3) is 3.34. The number of hydrogen-bond acceptors (Lipinski definition) is 5. The number of carbonyl (C=O) groups excluding carboxylic acids is 1. The van der Waals surface area contributed by atoms with E-state index in [2.05, 4.69) is 15.6 Å². The highest BCUT2D eigenvalue weighted by molar-refractivity contribution is 7.99. The molecule has 1 saturated heterocycles. The van der Waals surface area contributed by atoms with Gasteiger partial charge in [-0.1, -0.05) is 0 Å². The number of thioether (sulfide) groups is 1. The van der Waals surface area contributed by atoms with E-state index in [1.165, 1.54) is 11.3 Å². The van der Waals surface area contributed by atoms with Crippen molar-refractivity contribution in [1.82, 2.24) is 10.3 Å². The summed E-state index contributed by atoms with van der Waals surface area (Å²) in [6.07, 6.45) is 0. The lowest BCUT2D eigenvalue weighted by Crippen LogP contribution is -2.37. The number of nitrogens with zero attached hydrogens (tertiary/aromatic N) is 1. The van der Waals surface area contributed by atoms with Gasteiger partial charge in [0, 0.05) is 17.0 Å². The minimum atomic E-state index is -0.0655. The standard InChI is InChI=1S/C8H11N3OS2.ClH/c1-5-2-14-8(10-5)11-7(12)6-3-13-4-9-6;/h2,6,9H,3-4H2,1H3,(H,10,11,12);1H. The molecule has 4 nitrogen and oxygen atoms in total. The van der Waals surface area contributed by atoms with E-state index in [1.54, 1.807) is 11.8 Å². The summed E-state index contributed by atoms with van der Waals surface area (Å²) in [5.41, 5.74) is 0.944. The van der Waals surface area contributed by atoms with Crippen LogP contribution < -0.4 is 10.6 Å². The van der Waals surface area contributed by atoms with E-state index in [0.29, 0.717) is 5.13 Å². The number of anilines is 1. The first kappa shape index (κ1) is 12.8. The first-order valence-electron chi connectivity index (χ1n) is 4.30. The number of carbonyl (C=O) groups is 1. The highest BCUT2D eigenvalue weighted by Crippen LogP contribution is 2.16. The highest BCUT2D eigenvalue weighted by Gasteiger charge is 2.22. The maximum atomic E-state index is 11.6. The molecule has 0 aliphatic carbocycles. The molecule has 1 aromatic heterocycles. The van der Waals surface area contributed by atoms with Crippen LogP contribution in [-0.4, -0.2) is 28.6 Å². The summed E-state index contributed by atoms with van der Waals surface area (Å²) in [6.45, 7) is 1.91. The largest absolute Gasteiger partial charge is 0.301 e. The molecular formula is C8H12ClN3OS2. The molecule has 1 fully saturated rings. The van der Waals surface area contributed by atoms with Crippen LogP contribution in [0.25, 0.3) is 0 Å². The van der Waals surface area contributed by atoms with Crippen LogP contribution in [0.4, 0.5) is 5.13 Å². The second kappa shape index (κ2) is 5.69. The average molecular weight is 266 g/mol. The molecule has 2 N–H and O–H groups in total. The van der Waals surface area contributed by atoms with Crippen molar-refractivity contribution >= 4 is 46.5 Å². The van der Waals surface area contributed by atoms with Crippen molar-refractivity contribution in [2.75, 3.05) is 16.9 Å². The van der Waals surface area contributed by atoms with E-state index in [4.69, 9.17) is 0 Å². The number of rotatable bonds is 2. The third-order valence-corrected chi connectivity index (χ3v) is 3.70. The normalized spacial score (nSPS) is 19.7. The summed E-state index contributed by atoms with van der Waals surface area (Å²) in [4.78, 5) is 15.8. The fourth-order valence-corrected chi connectivity index (χ4v) is 2.80. The SMILES string of the molecule is Cc1csc(NC(=O)C2CSCN2)n1.Cl. The number of amides is 1. The van der Waals surface area contributed by atoms with E-state index < -0.39 is 0 Å². The second-order valence-corrected chi connectivity index (χ2v) is 4.94. The highest BCUT2D eigenvalue weighted by atomic mass is 35.5. The Hall–Kier alpha value is -0.300. The molecule has 84 valence electrons. The molecule has 0 radical (unpaired) electrons. The molecule has 1 amide bonds. The van der Waals surface area contributed by atoms with Crippen molar-refractivity contribution in [2.45, 2.75) is 13.0 Å². The van der Waals surface area contributed by atoms with Crippen molar-refractivity contribution in [2.24, 2.45) is 0 Å². The van der Waals surface area contributed by atoms with Gasteiger partial charge in [0.05, 0.1) is 11.7 Å². The molecule has 1 unspecified atom stereocenters. The summed E-state index contributed by atoms with van der Waals surface area (Å²) in [7, 11) is 0. The van der Waals surface area contributed by atoms with Gasteiger partial charge in [-0.05, 0) is 6.92 Å². The zero-order valence-electron chi connectivity index (χ0n) is 8.15. The quantitative estimate of drug-likeness (QED) is 0.851. The van der Waals surface area contributed by atoms with Crippen LogP contribution >= 0.6 is 35.5 Å². The van der Waals surface area contributed by atoms with Crippen LogP contribution in [0.15, 0.2) is 5.38 Å². The monoisotopic (exact) mass is 265 g/mol. The van der Waals surface area contributed by atoms with Crippen LogP contribution in [0.3, 0.4) is 0 Å². The Morgan fingerprint density at radius 3 is 3.07 bits per heavy atom. The van der Waals surface area contributed by atoms with E-state index >= 15 is 0 Å². The Morgan fingerprint density at radius 1 is 1.73 bits per heavy atom. The Morgan fingerprint density at radius 2 is 2.53 bits per heavy atom. The Balaban J connectivity index is 0.00000112. The topological polar surface area (TPSA) is 54.0 Å². The molecule has 0 aromatic carbocycles. The molecule has 15 heavy (non-hydrogen) atoms. The first-order chi connectivity index (χ1) is 6.75. The van der Waals surface area contributed by atoms with Gasteiger partial charge in [0.25, 0.3) is 0 Å². The van der Waals surface area contributed by atoms with E-state index in [0.717, 1.165) is 17.3 Å². The van der Waals surface area contributed by atoms with Crippen molar-refractivity contribution < 1.29 is 4.79 Å². The van der Waals surface area contributed by atoms with Gasteiger partial charge >= 0.3 is 0 Å². The first-order valence-corrected chi connectivity index (χ1v) is 6.33. The molecule has 0 saturated carbocycles. The van der Waals surface area contributed by atoms with Gasteiger partial charge in [0.1, 0.15) is 0 Å². The molecule has 2 heterocycles. The number of halogens is 1. The van der Waals surface area contributed by atoms with Gasteiger partial charge in [0.15, 0.2) is 5.13 Å². The number of aromatic nitrogens is 1. The zero-order valence-corrected chi connectivity index (χ0v) is 10.6. The number of hydrogen-bond donors (Lipinski definition) is 2. The van der Waals surface area contributed by atoms with Crippen molar-refractivity contribution in [3.8, 4) is 0 Å². The third-order valence-electron chi connectivity index (χ3n) is 1.88. The Labute approximate surface area is 103 Å². The minimum Gasteiger partial charge on any atom is -0.301 e. The van der Waals surface area contributed by atoms with Gasteiger partial charge in [-0.2, -0.15) is 0 Å². The van der Waals surface area contributed by atoms with Crippen molar-refractivity contribution in [3.05, 3.63) is 11.1 Å². The fraction of sp³-hybridized carbons (Fsp3) is 0.500. The van der Waals surface area contributed by atoms with E-state index in [-0.39, 0.29) is 24.4 Å². The van der Waals surface area contributed by atoms with Crippen LogP contribution in [0.1, 0.15) is 5.69 Å². The zero-order chi connectivity index (χ0) is 9.97. The molecule has 7 heteroatoms. The lowest BCUT2D eigenvalue weighted by Gasteiger charge is -2.07. The van der Waals surface area contributed by atoms with Gasteiger partial charge in [-0.3, -0.25) is 10.1 Å². The minimum absolute atomic E-state index is 0. The molecule has 1 aliphatic heterocycles. The van der Waals surface area contributed by atoms with Crippen molar-refractivity contribution in [3.63, 3.8) is 0 Å². The van der Waals surface area contributed by atoms with Crippen LogP contribution in [0, 0.1) is 6.92 Å². The van der Waals surface area contributed by atoms with Gasteiger partial charge < -0.3 is 5.32 Å². The Kier molecular flexibility index (Phi) is 4.85. The molecule has 1 aliphatic rings. The number of aryl methyl sites for hydroxylation is 1. The number of nitrogens with one attached hydrogen (secondary N) is 2. The van der Waals surface area contributed by atoms with Crippen LogP contribution in [0.5, 0.6) is 0 Å². The molecule has 1 aromatic rings. The van der Waals surface area contributed by atoms with Crippen molar-refractivity contribution in [1.29, 1.82) is 0 Å². The van der Waals surface area contributed by atoms with Crippen LogP contribution in [0.2, 0.25) is 0 Å². The summed E-state index contributed by atoms with van der Waals surface area (Å²) >= 11 is 3.20. The predicted octanol–water partition coefficient (Wildman–Crippen LogP) is 1.47. The maximum Gasteiger partial charge on any atom is 0.244 e. The molecule has 0 spiro atoms. The maximum absolute atomic E-state index is 11.6. The molecule has 0 bridgehead atoms.